The van der Waals surface area contributed by atoms with Crippen molar-refractivity contribution in [3.8, 4) is 0 Å². The van der Waals surface area contributed by atoms with E-state index >= 15 is 0 Å². The summed E-state index contributed by atoms with van der Waals surface area (Å²) in [7, 11) is 0. The van der Waals surface area contributed by atoms with E-state index in [2.05, 4.69) is 5.16 Å². The summed E-state index contributed by atoms with van der Waals surface area (Å²) < 4.78 is 13.0. The fourth-order valence-electron chi connectivity index (χ4n) is 0.703. The maximum atomic E-state index is 13.0. The van der Waals surface area contributed by atoms with Crippen LogP contribution in [-0.4, -0.2) is 11.4 Å². The molecule has 0 unspecified atom stereocenters. The van der Waals surface area contributed by atoms with E-state index < -0.39 is 5.82 Å². The molecule has 0 atom stereocenters. The predicted molar refractivity (Wildman–Crippen MR) is 45.8 cm³/mol. The third kappa shape index (κ3) is 1.68. The molecule has 1 rings (SSSR count). The summed E-state index contributed by atoms with van der Waals surface area (Å²) in [6, 6.07) is 2.78. The lowest BCUT2D eigenvalue weighted by molar-refractivity contribution is 0.321. The Balaban J connectivity index is 3.26. The van der Waals surface area contributed by atoms with Crippen molar-refractivity contribution in [1.82, 2.24) is 0 Å². The molecule has 1 aromatic carbocycles. The summed E-state index contributed by atoms with van der Waals surface area (Å²) in [5.74, 6) is -0.693. The van der Waals surface area contributed by atoms with Crippen LogP contribution in [0.1, 0.15) is 5.56 Å². The highest BCUT2D eigenvalue weighted by Gasteiger charge is 2.08. The van der Waals surface area contributed by atoms with Crippen molar-refractivity contribution >= 4 is 29.4 Å². The molecule has 0 aliphatic rings. The molecule has 0 aromatic heterocycles. The van der Waals surface area contributed by atoms with Crippen molar-refractivity contribution < 1.29 is 9.60 Å². The summed E-state index contributed by atoms with van der Waals surface area (Å²) in [4.78, 5) is 0. The van der Waals surface area contributed by atoms with Crippen LogP contribution in [0, 0.1) is 5.82 Å². The summed E-state index contributed by atoms with van der Waals surface area (Å²) in [5, 5.41) is 10.8. The van der Waals surface area contributed by atoms with E-state index in [0.717, 1.165) is 6.21 Å². The van der Waals surface area contributed by atoms with Crippen LogP contribution in [0.5, 0.6) is 0 Å². The molecule has 1 aromatic rings. The highest BCUT2D eigenvalue weighted by atomic mass is 35.5. The standard InChI is InChI=1S/C7H4Cl2FNO/c8-5-2-1-4(3-11-12)7(10)6(5)9/h1-3,12H/b11-3-. The lowest BCUT2D eigenvalue weighted by Gasteiger charge is -1.99. The zero-order valence-corrected chi connectivity index (χ0v) is 7.27. The number of rotatable bonds is 1. The van der Waals surface area contributed by atoms with Gasteiger partial charge in [0.15, 0.2) is 5.82 Å². The fraction of sp³-hybridized carbons (Fsp3) is 0. The highest BCUT2D eigenvalue weighted by molar-refractivity contribution is 6.42. The topological polar surface area (TPSA) is 32.6 Å². The molecule has 5 heteroatoms. The first-order valence-electron chi connectivity index (χ1n) is 2.97. The van der Waals surface area contributed by atoms with Gasteiger partial charge in [-0.2, -0.15) is 0 Å². The number of hydrogen-bond donors (Lipinski definition) is 1. The predicted octanol–water partition coefficient (Wildman–Crippen LogP) is 2.94. The number of nitrogens with zero attached hydrogens (tertiary/aromatic N) is 1. The third-order valence-electron chi connectivity index (χ3n) is 1.26. The maximum Gasteiger partial charge on any atom is 0.152 e. The molecule has 0 saturated carbocycles. The minimum absolute atomic E-state index is 0.0897. The van der Waals surface area contributed by atoms with Crippen LogP contribution in [0.15, 0.2) is 17.3 Å². The first-order chi connectivity index (χ1) is 5.66. The van der Waals surface area contributed by atoms with E-state index in [-0.39, 0.29) is 15.6 Å². The first kappa shape index (κ1) is 9.29. The number of benzene rings is 1. The minimum Gasteiger partial charge on any atom is -0.411 e. The van der Waals surface area contributed by atoms with E-state index in [9.17, 15) is 4.39 Å². The lowest BCUT2D eigenvalue weighted by atomic mass is 10.2. The van der Waals surface area contributed by atoms with Crippen molar-refractivity contribution in [3.63, 3.8) is 0 Å². The molecule has 2 nitrogen and oxygen atoms in total. The molecule has 0 heterocycles. The van der Waals surface area contributed by atoms with E-state index in [0.29, 0.717) is 0 Å². The van der Waals surface area contributed by atoms with Gasteiger partial charge >= 0.3 is 0 Å². The second-order valence-corrected chi connectivity index (χ2v) is 2.79. The number of hydrogen-bond acceptors (Lipinski definition) is 2. The van der Waals surface area contributed by atoms with Crippen molar-refractivity contribution in [2.45, 2.75) is 0 Å². The Bertz CT molecular complexity index is 327. The molecule has 0 saturated heterocycles. The maximum absolute atomic E-state index is 13.0. The van der Waals surface area contributed by atoms with Gasteiger partial charge < -0.3 is 5.21 Å². The van der Waals surface area contributed by atoms with E-state index in [1.54, 1.807) is 0 Å². The SMILES string of the molecule is O/N=C\c1ccc(Cl)c(Cl)c1F. The van der Waals surface area contributed by atoms with Gasteiger partial charge in [-0.1, -0.05) is 28.4 Å². The molecule has 0 fully saturated rings. The average molecular weight is 208 g/mol. The van der Waals surface area contributed by atoms with Gasteiger partial charge in [-0.15, -0.1) is 0 Å². The van der Waals surface area contributed by atoms with Crippen molar-refractivity contribution in [3.05, 3.63) is 33.6 Å². The molecule has 0 spiro atoms. The Morgan fingerprint density at radius 3 is 2.67 bits per heavy atom. The van der Waals surface area contributed by atoms with Crippen molar-refractivity contribution in [2.24, 2.45) is 5.16 Å². The molecule has 0 aliphatic heterocycles. The summed E-state index contributed by atoms with van der Waals surface area (Å²) in [6.45, 7) is 0. The highest BCUT2D eigenvalue weighted by Crippen LogP contribution is 2.26. The second kappa shape index (κ2) is 3.74. The van der Waals surface area contributed by atoms with E-state index in [1.165, 1.54) is 12.1 Å². The van der Waals surface area contributed by atoms with Gasteiger partial charge in [-0.25, -0.2) is 4.39 Å². The monoisotopic (exact) mass is 207 g/mol. The van der Waals surface area contributed by atoms with Crippen molar-refractivity contribution in [2.75, 3.05) is 0 Å². The van der Waals surface area contributed by atoms with Crippen LogP contribution < -0.4 is 0 Å². The minimum atomic E-state index is -0.693. The van der Waals surface area contributed by atoms with Gasteiger partial charge in [0.2, 0.25) is 0 Å². The molecular formula is C7H4Cl2FNO. The Morgan fingerprint density at radius 1 is 1.42 bits per heavy atom. The molecule has 0 amide bonds. The Hall–Kier alpha value is -0.800. The van der Waals surface area contributed by atoms with Crippen LogP contribution in [0.4, 0.5) is 4.39 Å². The van der Waals surface area contributed by atoms with Crippen LogP contribution in [0.3, 0.4) is 0 Å². The zero-order chi connectivity index (χ0) is 9.14. The summed E-state index contributed by atoms with van der Waals surface area (Å²) in [6.07, 6.45) is 0.942. The summed E-state index contributed by atoms with van der Waals surface area (Å²) in [5.41, 5.74) is 0.0897. The van der Waals surface area contributed by atoms with Crippen LogP contribution in [0.2, 0.25) is 10.0 Å². The smallest absolute Gasteiger partial charge is 0.152 e. The van der Waals surface area contributed by atoms with Gasteiger partial charge in [0, 0.05) is 5.56 Å². The molecule has 12 heavy (non-hydrogen) atoms. The van der Waals surface area contributed by atoms with Gasteiger partial charge in [0.25, 0.3) is 0 Å². The van der Waals surface area contributed by atoms with Gasteiger partial charge in [0.1, 0.15) is 0 Å². The molecule has 0 radical (unpaired) electrons. The average Bonchev–Trinajstić information content (AvgIpc) is 2.07. The zero-order valence-electron chi connectivity index (χ0n) is 5.76. The normalized spacial score (nSPS) is 10.9. The Kier molecular flexibility index (Phi) is 2.89. The van der Waals surface area contributed by atoms with Gasteiger partial charge in [0.05, 0.1) is 16.3 Å². The quantitative estimate of drug-likeness (QED) is 0.327. The van der Waals surface area contributed by atoms with Gasteiger partial charge in [-0.3, -0.25) is 0 Å². The number of oxime groups is 1. The third-order valence-corrected chi connectivity index (χ3v) is 2.04. The summed E-state index contributed by atoms with van der Waals surface area (Å²) >= 11 is 11.0. The molecule has 1 N–H and O–H groups in total. The van der Waals surface area contributed by atoms with Crippen LogP contribution >= 0.6 is 23.2 Å². The van der Waals surface area contributed by atoms with E-state index in [4.69, 9.17) is 28.4 Å². The molecule has 64 valence electrons. The second-order valence-electron chi connectivity index (χ2n) is 2.01. The van der Waals surface area contributed by atoms with Crippen LogP contribution in [0.25, 0.3) is 0 Å². The Morgan fingerprint density at radius 2 is 2.08 bits per heavy atom. The largest absolute Gasteiger partial charge is 0.411 e. The van der Waals surface area contributed by atoms with Crippen LogP contribution in [-0.2, 0) is 0 Å². The fourth-order valence-corrected chi connectivity index (χ4v) is 1.02. The molecule has 0 bridgehead atoms. The first-order valence-corrected chi connectivity index (χ1v) is 3.73. The van der Waals surface area contributed by atoms with Crippen molar-refractivity contribution in [1.29, 1.82) is 0 Å². The molecular weight excluding hydrogens is 204 g/mol. The van der Waals surface area contributed by atoms with Gasteiger partial charge in [-0.05, 0) is 12.1 Å². The van der Waals surface area contributed by atoms with E-state index in [1.807, 2.05) is 0 Å². The Labute approximate surface area is 78.2 Å². The lowest BCUT2D eigenvalue weighted by Crippen LogP contribution is -1.89. The molecule has 0 aliphatic carbocycles. The number of halogens is 3.